The third-order valence-corrected chi connectivity index (χ3v) is 4.13. The molecule has 0 aromatic rings. The number of hydrogen-bond acceptors (Lipinski definition) is 7. The van der Waals surface area contributed by atoms with Gasteiger partial charge in [-0.2, -0.15) is 0 Å². The molecule has 0 aliphatic heterocycles. The van der Waals surface area contributed by atoms with E-state index in [0.717, 1.165) is 0 Å². The molecule has 12 heteroatoms. The fourth-order valence-corrected chi connectivity index (χ4v) is 2.45. The Bertz CT molecular complexity index is 559. The van der Waals surface area contributed by atoms with Gasteiger partial charge in [0, 0.05) is 20.1 Å². The van der Waals surface area contributed by atoms with E-state index in [4.69, 9.17) is 19.9 Å². The molecule has 0 radical (unpaired) electrons. The fraction of sp³-hybridized carbons (Fsp3) is 0.789. The number of nitrogens with two attached hydrogens (primary N) is 1. The highest BCUT2D eigenvalue weighted by Gasteiger charge is 2.28. The first-order valence-electron chi connectivity index (χ1n) is 10.2. The number of aliphatic carboxylic acids is 1. The zero-order valence-corrected chi connectivity index (χ0v) is 18.5. The number of carboxylic acid groups (broad SMARTS) is 1. The molecule has 0 unspecified atom stereocenters. The highest BCUT2D eigenvalue weighted by Crippen LogP contribution is 2.05. The average molecular weight is 449 g/mol. The van der Waals surface area contributed by atoms with Crippen molar-refractivity contribution in [2.24, 2.45) is 11.7 Å². The second-order valence-corrected chi connectivity index (χ2v) is 7.09. The van der Waals surface area contributed by atoms with Crippen molar-refractivity contribution in [1.82, 2.24) is 16.0 Å². The topological polar surface area (TPSA) is 178 Å². The molecule has 12 nitrogen and oxygen atoms in total. The summed E-state index contributed by atoms with van der Waals surface area (Å²) in [6, 6.07) is -2.75. The Labute approximate surface area is 182 Å². The van der Waals surface area contributed by atoms with Crippen molar-refractivity contribution >= 4 is 23.8 Å². The van der Waals surface area contributed by atoms with Crippen molar-refractivity contribution < 1.29 is 38.5 Å². The van der Waals surface area contributed by atoms with Gasteiger partial charge < -0.3 is 41.0 Å². The summed E-state index contributed by atoms with van der Waals surface area (Å²) in [6.45, 7) is 5.51. The van der Waals surface area contributed by atoms with Gasteiger partial charge in [0.1, 0.15) is 12.1 Å². The Morgan fingerprint density at radius 1 is 0.968 bits per heavy atom. The van der Waals surface area contributed by atoms with E-state index in [-0.39, 0.29) is 37.8 Å². The van der Waals surface area contributed by atoms with E-state index in [1.54, 1.807) is 21.0 Å². The SMILES string of the molecule is COCCOCCOCCC(=O)N[C@@H](C(=O)N[C@H](CCCNC(N)=O)C(=O)O)C(C)C. The molecule has 0 heterocycles. The van der Waals surface area contributed by atoms with Crippen LogP contribution in [0.3, 0.4) is 0 Å². The van der Waals surface area contributed by atoms with Crippen LogP contribution in [0.1, 0.15) is 33.1 Å². The summed E-state index contributed by atoms with van der Waals surface area (Å²) in [6.07, 6.45) is 0.460. The standard InChI is InChI=1S/C19H36N4O8/c1-13(2)16(23-15(24)6-8-30-11-12-31-10-9-29-3)17(25)22-14(18(26)27)5-4-7-21-19(20)28/h13-14,16H,4-12H2,1-3H3,(H,22,25)(H,23,24)(H,26,27)(H3,20,21,28)/t14-,16-/m1/s1. The monoisotopic (exact) mass is 448 g/mol. The normalized spacial score (nSPS) is 12.8. The minimum atomic E-state index is -1.21. The molecular formula is C19H36N4O8. The minimum absolute atomic E-state index is 0.0513. The van der Waals surface area contributed by atoms with Crippen LogP contribution in [0, 0.1) is 5.92 Å². The number of carboxylic acids is 1. The zero-order chi connectivity index (χ0) is 23.6. The quantitative estimate of drug-likeness (QED) is 0.169. The summed E-state index contributed by atoms with van der Waals surface area (Å²) in [5.74, 6) is -2.44. The van der Waals surface area contributed by atoms with Crippen LogP contribution >= 0.6 is 0 Å². The molecule has 0 bridgehead atoms. The molecule has 0 aliphatic rings. The smallest absolute Gasteiger partial charge is 0.326 e. The number of urea groups is 1. The summed E-state index contributed by atoms with van der Waals surface area (Å²) < 4.78 is 15.4. The first kappa shape index (κ1) is 28.6. The van der Waals surface area contributed by atoms with Crippen molar-refractivity contribution in [3.63, 3.8) is 0 Å². The second-order valence-electron chi connectivity index (χ2n) is 7.09. The largest absolute Gasteiger partial charge is 0.480 e. The lowest BCUT2D eigenvalue weighted by atomic mass is 10.0. The number of carbonyl (C=O) groups excluding carboxylic acids is 3. The maximum Gasteiger partial charge on any atom is 0.326 e. The van der Waals surface area contributed by atoms with Gasteiger partial charge in [-0.15, -0.1) is 0 Å². The maximum atomic E-state index is 12.5. The van der Waals surface area contributed by atoms with E-state index in [1.165, 1.54) is 0 Å². The Kier molecular flexibility index (Phi) is 15.9. The van der Waals surface area contributed by atoms with Gasteiger partial charge in [-0.3, -0.25) is 9.59 Å². The lowest BCUT2D eigenvalue weighted by Gasteiger charge is -2.24. The van der Waals surface area contributed by atoms with Crippen molar-refractivity contribution in [3.05, 3.63) is 0 Å². The predicted octanol–water partition coefficient (Wildman–Crippen LogP) is -0.785. The third-order valence-electron chi connectivity index (χ3n) is 4.13. The van der Waals surface area contributed by atoms with E-state index in [9.17, 15) is 24.3 Å². The van der Waals surface area contributed by atoms with Gasteiger partial charge in [0.2, 0.25) is 11.8 Å². The maximum absolute atomic E-state index is 12.5. The van der Waals surface area contributed by atoms with Crippen molar-refractivity contribution in [2.75, 3.05) is 46.7 Å². The lowest BCUT2D eigenvalue weighted by Crippen LogP contribution is -2.53. The molecule has 0 aromatic heterocycles. The molecule has 0 aliphatic carbocycles. The number of rotatable bonds is 18. The van der Waals surface area contributed by atoms with Gasteiger partial charge >= 0.3 is 12.0 Å². The van der Waals surface area contributed by atoms with Crippen molar-refractivity contribution in [2.45, 2.75) is 45.2 Å². The van der Waals surface area contributed by atoms with Gasteiger partial charge in [-0.1, -0.05) is 13.8 Å². The van der Waals surface area contributed by atoms with Gasteiger partial charge in [-0.05, 0) is 18.8 Å². The molecule has 2 atom stereocenters. The molecule has 0 saturated heterocycles. The van der Waals surface area contributed by atoms with Crippen LogP contribution in [0.15, 0.2) is 0 Å². The summed E-state index contributed by atoms with van der Waals surface area (Å²) in [7, 11) is 1.58. The summed E-state index contributed by atoms with van der Waals surface area (Å²) in [4.78, 5) is 46.8. The summed E-state index contributed by atoms with van der Waals surface area (Å²) in [5, 5.41) is 16.7. The molecule has 6 N–H and O–H groups in total. The van der Waals surface area contributed by atoms with Crippen LogP contribution in [0.25, 0.3) is 0 Å². The second kappa shape index (κ2) is 17.3. The van der Waals surface area contributed by atoms with Crippen LogP contribution in [0.4, 0.5) is 4.79 Å². The Morgan fingerprint density at radius 3 is 2.13 bits per heavy atom. The van der Waals surface area contributed by atoms with Gasteiger partial charge in [-0.25, -0.2) is 9.59 Å². The summed E-state index contributed by atoms with van der Waals surface area (Å²) in [5.41, 5.74) is 4.95. The fourth-order valence-electron chi connectivity index (χ4n) is 2.45. The van der Waals surface area contributed by atoms with Crippen LogP contribution in [0.2, 0.25) is 0 Å². The van der Waals surface area contributed by atoms with Crippen LogP contribution < -0.4 is 21.7 Å². The van der Waals surface area contributed by atoms with Crippen molar-refractivity contribution in [1.29, 1.82) is 0 Å². The highest BCUT2D eigenvalue weighted by atomic mass is 16.5. The van der Waals surface area contributed by atoms with Gasteiger partial charge in [0.25, 0.3) is 0 Å². The number of primary amides is 1. The molecule has 0 saturated carbocycles. The zero-order valence-electron chi connectivity index (χ0n) is 18.5. The molecule has 31 heavy (non-hydrogen) atoms. The average Bonchev–Trinajstić information content (AvgIpc) is 2.69. The van der Waals surface area contributed by atoms with E-state index in [1.807, 2.05) is 0 Å². The Morgan fingerprint density at radius 2 is 1.58 bits per heavy atom. The first-order chi connectivity index (χ1) is 14.7. The van der Waals surface area contributed by atoms with Crippen LogP contribution in [0.5, 0.6) is 0 Å². The van der Waals surface area contributed by atoms with E-state index in [2.05, 4.69) is 16.0 Å². The summed E-state index contributed by atoms with van der Waals surface area (Å²) >= 11 is 0. The van der Waals surface area contributed by atoms with Crippen LogP contribution in [-0.4, -0.2) is 87.7 Å². The van der Waals surface area contributed by atoms with Gasteiger partial charge in [0.15, 0.2) is 0 Å². The predicted molar refractivity (Wildman–Crippen MR) is 111 cm³/mol. The van der Waals surface area contributed by atoms with Crippen molar-refractivity contribution in [3.8, 4) is 0 Å². The molecular weight excluding hydrogens is 412 g/mol. The highest BCUT2D eigenvalue weighted by molar-refractivity contribution is 5.90. The number of amides is 4. The molecule has 0 aromatic carbocycles. The molecule has 0 spiro atoms. The third kappa shape index (κ3) is 15.1. The number of hydrogen-bond donors (Lipinski definition) is 5. The number of methoxy groups -OCH3 is 1. The van der Waals surface area contributed by atoms with E-state index < -0.39 is 30.0 Å². The first-order valence-corrected chi connectivity index (χ1v) is 10.2. The van der Waals surface area contributed by atoms with E-state index in [0.29, 0.717) is 32.8 Å². The number of carbonyl (C=O) groups is 4. The molecule has 0 rings (SSSR count). The number of nitrogens with one attached hydrogen (secondary N) is 3. The molecule has 0 fully saturated rings. The minimum Gasteiger partial charge on any atom is -0.480 e. The van der Waals surface area contributed by atoms with E-state index >= 15 is 0 Å². The van der Waals surface area contributed by atoms with Gasteiger partial charge in [0.05, 0.1) is 33.0 Å². The Balaban J connectivity index is 4.40. The lowest BCUT2D eigenvalue weighted by molar-refractivity contribution is -0.142. The molecule has 4 amide bonds. The number of ether oxygens (including phenoxy) is 3. The van der Waals surface area contributed by atoms with Crippen LogP contribution in [-0.2, 0) is 28.6 Å². The Hall–Kier alpha value is -2.44. The molecule has 180 valence electrons.